The van der Waals surface area contributed by atoms with Crippen molar-refractivity contribution in [3.05, 3.63) is 78.9 Å². The molecule has 0 bridgehead atoms. The predicted octanol–water partition coefficient (Wildman–Crippen LogP) is 5.35. The summed E-state index contributed by atoms with van der Waals surface area (Å²) in [4.78, 5) is 0. The van der Waals surface area contributed by atoms with Gasteiger partial charge in [0.05, 0.1) is 0 Å². The van der Waals surface area contributed by atoms with Crippen molar-refractivity contribution in [2.75, 3.05) is 5.73 Å². The van der Waals surface area contributed by atoms with Crippen molar-refractivity contribution >= 4 is 16.7 Å². The van der Waals surface area contributed by atoms with Crippen molar-refractivity contribution in [2.24, 2.45) is 0 Å². The molecular formula is C20H15NO. The molecule has 4 rings (SSSR count). The summed E-state index contributed by atoms with van der Waals surface area (Å²) >= 11 is 0. The van der Waals surface area contributed by atoms with Crippen LogP contribution in [0.2, 0.25) is 0 Å². The molecule has 2 heteroatoms. The van der Waals surface area contributed by atoms with Crippen LogP contribution in [0.5, 0.6) is 0 Å². The maximum Gasteiger partial charge on any atom is 0.143 e. The molecular weight excluding hydrogens is 270 g/mol. The van der Waals surface area contributed by atoms with Gasteiger partial charge < -0.3 is 10.2 Å². The lowest BCUT2D eigenvalue weighted by molar-refractivity contribution is 0.632. The topological polar surface area (TPSA) is 39.2 Å². The smallest absolute Gasteiger partial charge is 0.143 e. The summed E-state index contributed by atoms with van der Waals surface area (Å²) in [5, 5.41) is 1.08. The number of anilines is 1. The molecule has 0 saturated heterocycles. The summed E-state index contributed by atoms with van der Waals surface area (Å²) < 4.78 is 6.14. The van der Waals surface area contributed by atoms with Crippen LogP contribution in [-0.2, 0) is 0 Å². The molecule has 0 aliphatic rings. The molecule has 4 aromatic rings. The Balaban J connectivity index is 2.07. The van der Waals surface area contributed by atoms with Crippen LogP contribution in [0, 0.1) is 0 Å². The van der Waals surface area contributed by atoms with E-state index in [1.165, 1.54) is 0 Å². The SMILES string of the molecule is Nc1ccc2c(-c3ccccc3)c(-c3ccccc3)oc2c1. The normalized spacial score (nSPS) is 10.9. The Morgan fingerprint density at radius 2 is 1.32 bits per heavy atom. The van der Waals surface area contributed by atoms with Crippen molar-refractivity contribution in [3.63, 3.8) is 0 Å². The maximum absolute atomic E-state index is 6.14. The van der Waals surface area contributed by atoms with E-state index in [-0.39, 0.29) is 0 Å². The van der Waals surface area contributed by atoms with Crippen LogP contribution in [0.3, 0.4) is 0 Å². The van der Waals surface area contributed by atoms with E-state index < -0.39 is 0 Å². The summed E-state index contributed by atoms with van der Waals surface area (Å²) in [6.07, 6.45) is 0. The van der Waals surface area contributed by atoms with Crippen molar-refractivity contribution in [2.45, 2.75) is 0 Å². The number of nitrogen functional groups attached to an aromatic ring is 1. The minimum atomic E-state index is 0.709. The number of benzene rings is 3. The van der Waals surface area contributed by atoms with Crippen molar-refractivity contribution in [3.8, 4) is 22.5 Å². The van der Waals surface area contributed by atoms with Crippen LogP contribution in [0.15, 0.2) is 83.3 Å². The molecule has 2 N–H and O–H groups in total. The number of furan rings is 1. The first-order chi connectivity index (χ1) is 10.8. The van der Waals surface area contributed by atoms with Gasteiger partial charge in [0.25, 0.3) is 0 Å². The van der Waals surface area contributed by atoms with Crippen LogP contribution in [-0.4, -0.2) is 0 Å². The fourth-order valence-electron chi connectivity index (χ4n) is 2.80. The highest BCUT2D eigenvalue weighted by molar-refractivity contribution is 6.02. The van der Waals surface area contributed by atoms with Crippen molar-refractivity contribution in [1.29, 1.82) is 0 Å². The molecule has 0 radical (unpaired) electrons. The van der Waals surface area contributed by atoms with E-state index in [4.69, 9.17) is 10.2 Å². The molecule has 0 spiro atoms. The second-order valence-electron chi connectivity index (χ2n) is 5.29. The first kappa shape index (κ1) is 12.7. The van der Waals surface area contributed by atoms with Crippen molar-refractivity contribution < 1.29 is 4.42 Å². The van der Waals surface area contributed by atoms with Crippen LogP contribution in [0.1, 0.15) is 0 Å². The standard InChI is InChI=1S/C20H15NO/c21-16-11-12-17-18(13-16)22-20(15-9-5-2-6-10-15)19(17)14-7-3-1-4-8-14/h1-13H,21H2. The average Bonchev–Trinajstić information content (AvgIpc) is 2.95. The quantitative estimate of drug-likeness (QED) is 0.504. The first-order valence-corrected chi connectivity index (χ1v) is 7.26. The Morgan fingerprint density at radius 1 is 0.682 bits per heavy atom. The van der Waals surface area contributed by atoms with Gasteiger partial charge in [0, 0.05) is 28.3 Å². The first-order valence-electron chi connectivity index (χ1n) is 7.26. The van der Waals surface area contributed by atoms with E-state index in [9.17, 15) is 0 Å². The summed E-state index contributed by atoms with van der Waals surface area (Å²) in [5.41, 5.74) is 10.7. The van der Waals surface area contributed by atoms with Crippen LogP contribution < -0.4 is 5.73 Å². The highest BCUT2D eigenvalue weighted by Crippen LogP contribution is 2.41. The van der Waals surface area contributed by atoms with Gasteiger partial charge >= 0.3 is 0 Å². The zero-order valence-corrected chi connectivity index (χ0v) is 12.0. The third-order valence-corrected chi connectivity index (χ3v) is 3.81. The van der Waals surface area contributed by atoms with Gasteiger partial charge in [-0.05, 0) is 17.7 Å². The molecule has 106 valence electrons. The van der Waals surface area contributed by atoms with E-state index in [2.05, 4.69) is 24.3 Å². The number of fused-ring (bicyclic) bond motifs is 1. The van der Waals surface area contributed by atoms with Crippen LogP contribution >= 0.6 is 0 Å². The fourth-order valence-corrected chi connectivity index (χ4v) is 2.80. The Labute approximate surface area is 128 Å². The Bertz CT molecular complexity index is 924. The maximum atomic E-state index is 6.14. The zero-order valence-electron chi connectivity index (χ0n) is 12.0. The predicted molar refractivity (Wildman–Crippen MR) is 91.5 cm³/mol. The van der Waals surface area contributed by atoms with Gasteiger partial charge in [-0.2, -0.15) is 0 Å². The minimum absolute atomic E-state index is 0.709. The van der Waals surface area contributed by atoms with Gasteiger partial charge in [-0.25, -0.2) is 0 Å². The molecule has 1 aromatic heterocycles. The Hall–Kier alpha value is -3.00. The van der Waals surface area contributed by atoms with Crippen LogP contribution in [0.4, 0.5) is 5.69 Å². The summed E-state index contributed by atoms with van der Waals surface area (Å²) in [5.74, 6) is 0.882. The van der Waals surface area contributed by atoms with E-state index in [0.717, 1.165) is 33.4 Å². The highest BCUT2D eigenvalue weighted by Gasteiger charge is 2.17. The Morgan fingerprint density at radius 3 is 2.00 bits per heavy atom. The number of nitrogens with two attached hydrogens (primary N) is 1. The Kier molecular flexibility index (Phi) is 2.94. The number of hydrogen-bond donors (Lipinski definition) is 1. The van der Waals surface area contributed by atoms with Gasteiger partial charge in [0.15, 0.2) is 0 Å². The van der Waals surface area contributed by atoms with Crippen molar-refractivity contribution in [1.82, 2.24) is 0 Å². The summed E-state index contributed by atoms with van der Waals surface area (Å²) in [7, 11) is 0. The average molecular weight is 285 g/mol. The molecule has 0 aliphatic heterocycles. The molecule has 3 aromatic carbocycles. The molecule has 2 nitrogen and oxygen atoms in total. The number of rotatable bonds is 2. The minimum Gasteiger partial charge on any atom is -0.455 e. The molecule has 22 heavy (non-hydrogen) atoms. The summed E-state index contributed by atoms with van der Waals surface area (Å²) in [6.45, 7) is 0. The molecule has 1 heterocycles. The molecule has 0 unspecified atom stereocenters. The summed E-state index contributed by atoms with van der Waals surface area (Å²) in [6, 6.07) is 26.3. The second kappa shape index (κ2) is 5.08. The number of hydrogen-bond acceptors (Lipinski definition) is 2. The van der Waals surface area contributed by atoms with Crippen LogP contribution in [0.25, 0.3) is 33.4 Å². The van der Waals surface area contributed by atoms with E-state index in [1.807, 2.05) is 54.6 Å². The third-order valence-electron chi connectivity index (χ3n) is 3.81. The molecule has 0 atom stereocenters. The van der Waals surface area contributed by atoms with Gasteiger partial charge in [0.2, 0.25) is 0 Å². The highest BCUT2D eigenvalue weighted by atomic mass is 16.3. The molecule has 0 saturated carbocycles. The third kappa shape index (κ3) is 2.06. The van der Waals surface area contributed by atoms with E-state index >= 15 is 0 Å². The molecule has 0 amide bonds. The second-order valence-corrected chi connectivity index (χ2v) is 5.29. The van der Waals surface area contributed by atoms with Gasteiger partial charge in [-0.1, -0.05) is 60.7 Å². The fraction of sp³-hybridized carbons (Fsp3) is 0. The monoisotopic (exact) mass is 285 g/mol. The largest absolute Gasteiger partial charge is 0.455 e. The van der Waals surface area contributed by atoms with Gasteiger partial charge in [-0.15, -0.1) is 0 Å². The zero-order chi connectivity index (χ0) is 14.9. The van der Waals surface area contributed by atoms with E-state index in [0.29, 0.717) is 5.69 Å². The molecule has 0 fully saturated rings. The lowest BCUT2D eigenvalue weighted by Gasteiger charge is -2.03. The van der Waals surface area contributed by atoms with Gasteiger partial charge in [-0.3, -0.25) is 0 Å². The molecule has 0 aliphatic carbocycles. The van der Waals surface area contributed by atoms with Gasteiger partial charge in [0.1, 0.15) is 11.3 Å². The lowest BCUT2D eigenvalue weighted by Crippen LogP contribution is -1.83. The van der Waals surface area contributed by atoms with E-state index in [1.54, 1.807) is 0 Å². The lowest BCUT2D eigenvalue weighted by atomic mass is 9.98.